The molecule has 76 valence electrons. The fourth-order valence-corrected chi connectivity index (χ4v) is 1.94. The first kappa shape index (κ1) is 8.22. The van der Waals surface area contributed by atoms with Crippen molar-refractivity contribution in [3.63, 3.8) is 0 Å². The molecular formula is C9H8N4O2. The van der Waals surface area contributed by atoms with E-state index in [9.17, 15) is 4.79 Å². The molecule has 15 heavy (non-hydrogen) atoms. The molecule has 0 radical (unpaired) electrons. The van der Waals surface area contributed by atoms with Crippen molar-refractivity contribution in [2.45, 2.75) is 13.0 Å². The van der Waals surface area contributed by atoms with Crippen LogP contribution >= 0.6 is 0 Å². The molecule has 3 rings (SSSR count). The summed E-state index contributed by atoms with van der Waals surface area (Å²) in [6, 6.07) is 0. The minimum absolute atomic E-state index is 0.0943. The molecule has 0 atom stereocenters. The third-order valence-electron chi connectivity index (χ3n) is 2.63. The number of carboxylic acids is 1. The van der Waals surface area contributed by atoms with Crippen molar-refractivity contribution >= 4 is 5.97 Å². The quantitative estimate of drug-likeness (QED) is 0.709. The number of fused-ring (bicyclic) bond motifs is 3. The van der Waals surface area contributed by atoms with Crippen LogP contribution in [0.15, 0.2) is 12.4 Å². The van der Waals surface area contributed by atoms with Gasteiger partial charge >= 0.3 is 5.97 Å². The van der Waals surface area contributed by atoms with Crippen LogP contribution in [0.2, 0.25) is 0 Å². The van der Waals surface area contributed by atoms with Crippen molar-refractivity contribution in [1.29, 1.82) is 0 Å². The largest absolute Gasteiger partial charge is 0.475 e. The molecule has 1 aliphatic rings. The molecular weight excluding hydrogens is 196 g/mol. The van der Waals surface area contributed by atoms with E-state index in [2.05, 4.69) is 15.2 Å². The Hall–Kier alpha value is -2.11. The smallest absolute Gasteiger partial charge is 0.372 e. The van der Waals surface area contributed by atoms with Crippen LogP contribution in [0, 0.1) is 0 Å². The number of carboxylic acid groups (broad SMARTS) is 1. The van der Waals surface area contributed by atoms with E-state index in [4.69, 9.17) is 5.11 Å². The number of aromatic nitrogens is 4. The molecule has 2 aromatic rings. The van der Waals surface area contributed by atoms with E-state index in [1.165, 1.54) is 0 Å². The highest BCUT2D eigenvalue weighted by Crippen LogP contribution is 2.28. The fraction of sp³-hybridized carbons (Fsp3) is 0.222. The van der Waals surface area contributed by atoms with Gasteiger partial charge < -0.3 is 9.67 Å². The van der Waals surface area contributed by atoms with Crippen molar-refractivity contribution in [1.82, 2.24) is 19.7 Å². The Morgan fingerprint density at radius 1 is 1.53 bits per heavy atom. The molecule has 2 N–H and O–H groups in total. The average Bonchev–Trinajstić information content (AvgIpc) is 2.82. The average molecular weight is 204 g/mol. The zero-order valence-corrected chi connectivity index (χ0v) is 7.77. The molecule has 0 saturated heterocycles. The van der Waals surface area contributed by atoms with Gasteiger partial charge in [0.1, 0.15) is 0 Å². The van der Waals surface area contributed by atoms with Gasteiger partial charge in [0.2, 0.25) is 5.82 Å². The van der Waals surface area contributed by atoms with Gasteiger partial charge in [-0.2, -0.15) is 5.10 Å². The lowest BCUT2D eigenvalue weighted by molar-refractivity contribution is 0.0678. The maximum absolute atomic E-state index is 10.9. The lowest BCUT2D eigenvalue weighted by Crippen LogP contribution is -2.15. The van der Waals surface area contributed by atoms with Crippen LogP contribution in [-0.2, 0) is 13.0 Å². The van der Waals surface area contributed by atoms with Gasteiger partial charge in [-0.3, -0.25) is 5.10 Å². The number of hydrogen-bond donors (Lipinski definition) is 2. The molecule has 0 aromatic carbocycles. The highest BCUT2D eigenvalue weighted by molar-refractivity contribution is 5.85. The third kappa shape index (κ3) is 1.01. The Balaban J connectivity index is 2.23. The van der Waals surface area contributed by atoms with E-state index in [1.807, 2.05) is 0 Å². The predicted molar refractivity (Wildman–Crippen MR) is 50.5 cm³/mol. The normalized spacial score (nSPS) is 13.3. The van der Waals surface area contributed by atoms with Gasteiger partial charge in [-0.25, -0.2) is 9.78 Å². The summed E-state index contributed by atoms with van der Waals surface area (Å²) in [6.07, 6.45) is 4.05. The molecule has 3 heterocycles. The van der Waals surface area contributed by atoms with Gasteiger partial charge in [-0.15, -0.1) is 0 Å². The summed E-state index contributed by atoms with van der Waals surface area (Å²) in [5.74, 6) is -0.898. The van der Waals surface area contributed by atoms with E-state index < -0.39 is 5.97 Å². The fourth-order valence-electron chi connectivity index (χ4n) is 1.94. The lowest BCUT2D eigenvalue weighted by Gasteiger charge is -2.14. The summed E-state index contributed by atoms with van der Waals surface area (Å²) >= 11 is 0. The molecule has 0 fully saturated rings. The number of nitrogens with zero attached hydrogens (tertiary/aromatic N) is 3. The van der Waals surface area contributed by atoms with Crippen LogP contribution in [0.1, 0.15) is 16.3 Å². The molecule has 0 saturated carbocycles. The number of aromatic carboxylic acids is 1. The zero-order valence-electron chi connectivity index (χ0n) is 7.77. The third-order valence-corrected chi connectivity index (χ3v) is 2.63. The maximum Gasteiger partial charge on any atom is 0.372 e. The highest BCUT2D eigenvalue weighted by atomic mass is 16.4. The number of imidazole rings is 1. The number of rotatable bonds is 1. The van der Waals surface area contributed by atoms with Crippen molar-refractivity contribution in [3.05, 3.63) is 23.9 Å². The van der Waals surface area contributed by atoms with Crippen LogP contribution in [0.4, 0.5) is 0 Å². The Labute approximate surface area is 84.6 Å². The Morgan fingerprint density at radius 3 is 3.20 bits per heavy atom. The standard InChI is InChI=1S/C9H8N4O2/c14-9(15)8-10-4-7-5-3-11-12-6(5)1-2-13(7)8/h3-4H,1-2H2,(H,11,12)(H,14,15). The summed E-state index contributed by atoms with van der Waals surface area (Å²) < 4.78 is 1.71. The lowest BCUT2D eigenvalue weighted by atomic mass is 10.1. The van der Waals surface area contributed by atoms with Crippen LogP contribution < -0.4 is 0 Å². The number of H-pyrrole nitrogens is 1. The van der Waals surface area contributed by atoms with Crippen LogP contribution in [-0.4, -0.2) is 30.8 Å². The molecule has 0 amide bonds. The minimum atomic E-state index is -0.992. The summed E-state index contributed by atoms with van der Waals surface area (Å²) in [7, 11) is 0. The Kier molecular flexibility index (Phi) is 1.47. The van der Waals surface area contributed by atoms with E-state index in [-0.39, 0.29) is 5.82 Å². The molecule has 0 bridgehead atoms. The van der Waals surface area contributed by atoms with Crippen molar-refractivity contribution < 1.29 is 9.90 Å². The first-order chi connectivity index (χ1) is 7.27. The summed E-state index contributed by atoms with van der Waals surface area (Å²) in [6.45, 7) is 0.631. The predicted octanol–water partition coefficient (Wildman–Crippen LogP) is 0.527. The number of hydrogen-bond acceptors (Lipinski definition) is 3. The summed E-state index contributed by atoms with van der Waals surface area (Å²) in [4.78, 5) is 14.8. The summed E-state index contributed by atoms with van der Waals surface area (Å²) in [5, 5.41) is 15.8. The van der Waals surface area contributed by atoms with Crippen molar-refractivity contribution in [3.8, 4) is 11.3 Å². The monoisotopic (exact) mass is 204 g/mol. The van der Waals surface area contributed by atoms with E-state index in [0.29, 0.717) is 6.54 Å². The number of aryl methyl sites for hydroxylation is 1. The second kappa shape index (κ2) is 2.69. The first-order valence-electron chi connectivity index (χ1n) is 4.59. The molecule has 6 heteroatoms. The molecule has 0 unspecified atom stereocenters. The topological polar surface area (TPSA) is 83.8 Å². The van der Waals surface area contributed by atoms with Crippen LogP contribution in [0.25, 0.3) is 11.3 Å². The van der Waals surface area contributed by atoms with E-state index in [1.54, 1.807) is 17.0 Å². The van der Waals surface area contributed by atoms with Crippen molar-refractivity contribution in [2.75, 3.05) is 0 Å². The summed E-state index contributed by atoms with van der Waals surface area (Å²) in [5.41, 5.74) is 2.81. The van der Waals surface area contributed by atoms with Gasteiger partial charge in [0.05, 0.1) is 18.1 Å². The van der Waals surface area contributed by atoms with E-state index >= 15 is 0 Å². The van der Waals surface area contributed by atoms with Crippen molar-refractivity contribution in [2.24, 2.45) is 0 Å². The number of aromatic amines is 1. The van der Waals surface area contributed by atoms with Crippen LogP contribution in [0.5, 0.6) is 0 Å². The molecule has 6 nitrogen and oxygen atoms in total. The van der Waals surface area contributed by atoms with E-state index in [0.717, 1.165) is 23.4 Å². The molecule has 0 aliphatic carbocycles. The second-order valence-corrected chi connectivity index (χ2v) is 3.44. The number of nitrogens with one attached hydrogen (secondary N) is 1. The first-order valence-corrected chi connectivity index (χ1v) is 4.59. The van der Waals surface area contributed by atoms with Gasteiger partial charge in [0.25, 0.3) is 0 Å². The van der Waals surface area contributed by atoms with Gasteiger partial charge in [0, 0.05) is 24.2 Å². The van der Waals surface area contributed by atoms with Gasteiger partial charge in [0.15, 0.2) is 0 Å². The Bertz CT molecular complexity index is 540. The van der Waals surface area contributed by atoms with Gasteiger partial charge in [-0.1, -0.05) is 0 Å². The Morgan fingerprint density at radius 2 is 2.40 bits per heavy atom. The molecule has 2 aromatic heterocycles. The SMILES string of the molecule is O=C(O)c1ncc2n1CCc1[nH]ncc1-2. The van der Waals surface area contributed by atoms with Crippen LogP contribution in [0.3, 0.4) is 0 Å². The highest BCUT2D eigenvalue weighted by Gasteiger charge is 2.23. The molecule has 1 aliphatic heterocycles. The second-order valence-electron chi connectivity index (χ2n) is 3.44. The zero-order chi connectivity index (χ0) is 10.4. The van der Waals surface area contributed by atoms with Gasteiger partial charge in [-0.05, 0) is 0 Å². The number of carbonyl (C=O) groups is 1. The maximum atomic E-state index is 10.9. The molecule has 0 spiro atoms. The minimum Gasteiger partial charge on any atom is -0.475 e.